The molecule has 3 aliphatic rings. The van der Waals surface area contributed by atoms with Crippen LogP contribution in [0.5, 0.6) is 0 Å². The number of esters is 1. The highest BCUT2D eigenvalue weighted by Crippen LogP contribution is 2.64. The average Bonchev–Trinajstić information content (AvgIpc) is 2.48. The third-order valence-corrected chi connectivity index (χ3v) is 5.69. The summed E-state index contributed by atoms with van der Waals surface area (Å²) >= 11 is 0. The summed E-state index contributed by atoms with van der Waals surface area (Å²) < 4.78 is 5.71. The van der Waals surface area contributed by atoms with Crippen LogP contribution in [-0.4, -0.2) is 33.5 Å². The molecule has 0 unspecified atom stereocenters. The van der Waals surface area contributed by atoms with Gasteiger partial charge < -0.3 is 14.9 Å². The molecule has 3 aliphatic carbocycles. The normalized spacial score (nSPS) is 49.3. The van der Waals surface area contributed by atoms with E-state index in [1.165, 1.54) is 6.92 Å². The lowest BCUT2D eigenvalue weighted by Gasteiger charge is -2.67. The van der Waals surface area contributed by atoms with Crippen LogP contribution in [-0.2, 0) is 9.53 Å². The molecule has 0 spiro atoms. The summed E-state index contributed by atoms with van der Waals surface area (Å²) in [6.07, 6.45) is 6.61. The maximum Gasteiger partial charge on any atom is 0.303 e. The largest absolute Gasteiger partial charge is 0.458 e. The predicted octanol–water partition coefficient (Wildman–Crippen LogP) is 1.77. The van der Waals surface area contributed by atoms with Crippen molar-refractivity contribution in [1.82, 2.24) is 0 Å². The van der Waals surface area contributed by atoms with Crippen molar-refractivity contribution in [3.05, 3.63) is 0 Å². The number of carbonyl (C=O) groups excluding carboxylic acids is 1. The van der Waals surface area contributed by atoms with Crippen LogP contribution >= 0.6 is 0 Å². The smallest absolute Gasteiger partial charge is 0.303 e. The van der Waals surface area contributed by atoms with Crippen molar-refractivity contribution >= 4 is 5.97 Å². The fraction of sp³-hybridized carbons (Fsp3) is 0.933. The van der Waals surface area contributed by atoms with E-state index < -0.39 is 17.3 Å². The molecule has 0 aliphatic heterocycles. The van der Waals surface area contributed by atoms with E-state index in [1.54, 1.807) is 0 Å². The molecular weight excluding hydrogens is 244 g/mol. The zero-order valence-corrected chi connectivity index (χ0v) is 11.6. The maximum atomic E-state index is 11.5. The quantitative estimate of drug-likeness (QED) is 0.711. The van der Waals surface area contributed by atoms with Gasteiger partial charge in [-0.25, -0.2) is 0 Å². The molecule has 4 heteroatoms. The van der Waals surface area contributed by atoms with Gasteiger partial charge in [-0.2, -0.15) is 0 Å². The summed E-state index contributed by atoms with van der Waals surface area (Å²) in [7, 11) is 0. The first-order chi connectivity index (χ1) is 9.02. The van der Waals surface area contributed by atoms with Crippen LogP contribution in [0, 0.1) is 11.8 Å². The van der Waals surface area contributed by atoms with Crippen LogP contribution < -0.4 is 0 Å². The Morgan fingerprint density at radius 3 is 2.32 bits per heavy atom. The lowest BCUT2D eigenvalue weighted by molar-refractivity contribution is -0.333. The number of hydrogen-bond donors (Lipinski definition) is 2. The van der Waals surface area contributed by atoms with Crippen molar-refractivity contribution in [3.8, 4) is 0 Å². The standard InChI is InChI=1S/C15H24O4/c1-10(16)19-14-9-5-4-7-12(14)15(18)11(14)6-2-3-8-13(15)17/h11-13,17-18H,2-9H2,1H3/t11-,12+,13+,14-,15-/m0/s1. The number of fused-ring (bicyclic) bond motifs is 4. The van der Waals surface area contributed by atoms with Gasteiger partial charge in [-0.3, -0.25) is 4.79 Å². The monoisotopic (exact) mass is 268 g/mol. The molecule has 3 saturated carbocycles. The van der Waals surface area contributed by atoms with Crippen LogP contribution in [0.1, 0.15) is 58.3 Å². The van der Waals surface area contributed by atoms with Gasteiger partial charge in [0, 0.05) is 18.8 Å². The van der Waals surface area contributed by atoms with Crippen molar-refractivity contribution in [3.63, 3.8) is 0 Å². The molecule has 3 fully saturated rings. The Hall–Kier alpha value is -0.610. The number of aliphatic hydroxyl groups is 2. The number of ether oxygens (including phenoxy) is 1. The average molecular weight is 268 g/mol. The molecule has 2 N–H and O–H groups in total. The first-order valence-corrected chi connectivity index (χ1v) is 7.62. The molecule has 108 valence electrons. The lowest BCUT2D eigenvalue weighted by atomic mass is 9.44. The van der Waals surface area contributed by atoms with Gasteiger partial charge in [0.2, 0.25) is 0 Å². The first-order valence-electron chi connectivity index (χ1n) is 7.62. The molecule has 0 aromatic rings. The molecule has 0 radical (unpaired) electrons. The molecule has 3 rings (SSSR count). The Kier molecular flexibility index (Phi) is 3.13. The summed E-state index contributed by atoms with van der Waals surface area (Å²) in [6, 6.07) is 0. The van der Waals surface area contributed by atoms with E-state index in [1.807, 2.05) is 0 Å². The van der Waals surface area contributed by atoms with Gasteiger partial charge in [-0.1, -0.05) is 19.3 Å². The van der Waals surface area contributed by atoms with Gasteiger partial charge >= 0.3 is 5.97 Å². The summed E-state index contributed by atoms with van der Waals surface area (Å²) in [5, 5.41) is 21.3. The third-order valence-electron chi connectivity index (χ3n) is 5.69. The Labute approximate surface area is 114 Å². The van der Waals surface area contributed by atoms with Crippen molar-refractivity contribution in [2.45, 2.75) is 75.6 Å². The molecule has 5 atom stereocenters. The Morgan fingerprint density at radius 2 is 1.68 bits per heavy atom. The SMILES string of the molecule is CC(=O)O[C@]12CCCC[C@H]1[C@]1(O)[C@H](O)CCCC[C@@H]21. The molecule has 19 heavy (non-hydrogen) atoms. The lowest BCUT2D eigenvalue weighted by Crippen LogP contribution is -2.79. The maximum absolute atomic E-state index is 11.5. The number of hydrogen-bond acceptors (Lipinski definition) is 4. The van der Waals surface area contributed by atoms with E-state index in [-0.39, 0.29) is 17.8 Å². The fourth-order valence-corrected chi connectivity index (χ4v) is 5.06. The van der Waals surface area contributed by atoms with Gasteiger partial charge in [-0.05, 0) is 32.1 Å². The van der Waals surface area contributed by atoms with Gasteiger partial charge in [-0.15, -0.1) is 0 Å². The molecule has 0 heterocycles. The minimum Gasteiger partial charge on any atom is -0.458 e. The van der Waals surface area contributed by atoms with E-state index in [4.69, 9.17) is 4.74 Å². The molecular formula is C15H24O4. The molecule has 4 nitrogen and oxygen atoms in total. The zero-order valence-electron chi connectivity index (χ0n) is 11.6. The molecule has 0 amide bonds. The van der Waals surface area contributed by atoms with Crippen LogP contribution in [0.3, 0.4) is 0 Å². The minimum atomic E-state index is -1.02. The van der Waals surface area contributed by atoms with Crippen LogP contribution in [0.15, 0.2) is 0 Å². The van der Waals surface area contributed by atoms with E-state index in [0.29, 0.717) is 6.42 Å². The fourth-order valence-electron chi connectivity index (χ4n) is 5.06. The second-order valence-electron chi connectivity index (χ2n) is 6.59. The van der Waals surface area contributed by atoms with E-state index in [0.717, 1.165) is 44.9 Å². The zero-order chi connectivity index (χ0) is 13.7. The van der Waals surface area contributed by atoms with Crippen LogP contribution in [0.2, 0.25) is 0 Å². The summed E-state index contributed by atoms with van der Waals surface area (Å²) in [5.74, 6) is -0.407. The minimum absolute atomic E-state index is 0.0734. The molecule has 0 saturated heterocycles. The second-order valence-corrected chi connectivity index (χ2v) is 6.59. The van der Waals surface area contributed by atoms with E-state index >= 15 is 0 Å². The highest BCUT2D eigenvalue weighted by molar-refractivity contribution is 5.67. The predicted molar refractivity (Wildman–Crippen MR) is 69.4 cm³/mol. The van der Waals surface area contributed by atoms with Crippen molar-refractivity contribution in [2.75, 3.05) is 0 Å². The van der Waals surface area contributed by atoms with E-state index in [9.17, 15) is 15.0 Å². The van der Waals surface area contributed by atoms with Crippen molar-refractivity contribution < 1.29 is 19.7 Å². The van der Waals surface area contributed by atoms with Crippen LogP contribution in [0.4, 0.5) is 0 Å². The van der Waals surface area contributed by atoms with Gasteiger partial charge in [0.15, 0.2) is 0 Å². The molecule has 0 bridgehead atoms. The highest BCUT2D eigenvalue weighted by Gasteiger charge is 2.74. The van der Waals surface area contributed by atoms with Crippen molar-refractivity contribution in [2.24, 2.45) is 11.8 Å². The highest BCUT2D eigenvalue weighted by atomic mass is 16.6. The van der Waals surface area contributed by atoms with E-state index in [2.05, 4.69) is 0 Å². The van der Waals surface area contributed by atoms with Crippen molar-refractivity contribution in [1.29, 1.82) is 0 Å². The summed E-state index contributed by atoms with van der Waals surface area (Å²) in [4.78, 5) is 11.5. The molecule has 0 aromatic heterocycles. The molecule has 0 aromatic carbocycles. The summed E-state index contributed by atoms with van der Waals surface area (Å²) in [5.41, 5.74) is -1.52. The van der Waals surface area contributed by atoms with Gasteiger partial charge in [0.05, 0.1) is 6.10 Å². The second kappa shape index (κ2) is 4.45. The Balaban J connectivity index is 1.95. The first kappa shape index (κ1) is 13.4. The van der Waals surface area contributed by atoms with Gasteiger partial charge in [0.1, 0.15) is 11.2 Å². The number of aliphatic hydroxyl groups excluding tert-OH is 1. The van der Waals surface area contributed by atoms with Crippen LogP contribution in [0.25, 0.3) is 0 Å². The Bertz CT molecular complexity index is 382. The topological polar surface area (TPSA) is 66.8 Å². The summed E-state index contributed by atoms with van der Waals surface area (Å²) in [6.45, 7) is 1.45. The van der Waals surface area contributed by atoms with Gasteiger partial charge in [0.25, 0.3) is 0 Å². The number of rotatable bonds is 1. The third kappa shape index (κ3) is 1.69. The number of carbonyl (C=O) groups is 1. The Morgan fingerprint density at radius 1 is 1.11 bits per heavy atom.